The zero-order valence-electron chi connectivity index (χ0n) is 8.27. The fourth-order valence-electron chi connectivity index (χ4n) is 1.37. The molecular formula is C12H10O3. The van der Waals surface area contributed by atoms with Gasteiger partial charge in [0.2, 0.25) is 0 Å². The number of ether oxygens (including phenoxy) is 1. The Morgan fingerprint density at radius 1 is 1.27 bits per heavy atom. The molecule has 0 radical (unpaired) electrons. The highest BCUT2D eigenvalue weighted by atomic mass is 16.6. The topological polar surface area (TPSA) is 39.4 Å². The van der Waals surface area contributed by atoms with Crippen molar-refractivity contribution in [1.29, 1.82) is 0 Å². The van der Waals surface area contributed by atoms with E-state index in [1.54, 1.807) is 6.07 Å². The molecule has 0 aliphatic rings. The van der Waals surface area contributed by atoms with Crippen LogP contribution < -0.4 is 4.74 Å². The molecular weight excluding hydrogens is 192 g/mol. The molecule has 0 saturated heterocycles. The molecule has 3 heteroatoms. The van der Waals surface area contributed by atoms with Crippen LogP contribution in [0.5, 0.6) is 5.95 Å². The van der Waals surface area contributed by atoms with Crippen LogP contribution in [0.15, 0.2) is 40.8 Å². The zero-order chi connectivity index (χ0) is 10.7. The Balaban J connectivity index is 2.46. The first kappa shape index (κ1) is 9.52. The van der Waals surface area contributed by atoms with Crippen molar-refractivity contribution in [2.75, 3.05) is 7.11 Å². The van der Waals surface area contributed by atoms with E-state index in [9.17, 15) is 4.79 Å². The number of hydrogen-bond acceptors (Lipinski definition) is 3. The van der Waals surface area contributed by atoms with E-state index in [-0.39, 0.29) is 5.95 Å². The summed E-state index contributed by atoms with van der Waals surface area (Å²) < 4.78 is 10.3. The monoisotopic (exact) mass is 202 g/mol. The first-order valence-electron chi connectivity index (χ1n) is 4.53. The van der Waals surface area contributed by atoms with Crippen molar-refractivity contribution >= 4 is 6.29 Å². The highest BCUT2D eigenvalue weighted by Gasteiger charge is 2.11. The molecule has 0 bridgehead atoms. The van der Waals surface area contributed by atoms with E-state index in [0.717, 1.165) is 11.8 Å². The van der Waals surface area contributed by atoms with E-state index in [1.165, 1.54) is 7.11 Å². The first-order chi connectivity index (χ1) is 7.35. The van der Waals surface area contributed by atoms with Crippen LogP contribution in [-0.4, -0.2) is 13.4 Å². The summed E-state index contributed by atoms with van der Waals surface area (Å²) in [7, 11) is 1.47. The Hall–Kier alpha value is -2.03. The highest BCUT2D eigenvalue weighted by molar-refractivity contribution is 5.81. The van der Waals surface area contributed by atoms with Crippen LogP contribution in [0.2, 0.25) is 0 Å². The van der Waals surface area contributed by atoms with Crippen LogP contribution in [0.4, 0.5) is 0 Å². The van der Waals surface area contributed by atoms with Crippen LogP contribution in [0.3, 0.4) is 0 Å². The summed E-state index contributed by atoms with van der Waals surface area (Å²) in [6, 6.07) is 11.2. The van der Waals surface area contributed by atoms with Crippen molar-refractivity contribution in [2.45, 2.75) is 0 Å². The number of rotatable bonds is 3. The van der Waals surface area contributed by atoms with Gasteiger partial charge in [-0.25, -0.2) is 0 Å². The normalized spacial score (nSPS) is 9.93. The van der Waals surface area contributed by atoms with Crippen LogP contribution in [0.1, 0.15) is 10.4 Å². The van der Waals surface area contributed by atoms with Gasteiger partial charge >= 0.3 is 0 Å². The minimum atomic E-state index is 0.254. The van der Waals surface area contributed by atoms with E-state index in [1.807, 2.05) is 30.3 Å². The average Bonchev–Trinajstić information content (AvgIpc) is 2.73. The molecule has 1 aromatic carbocycles. The largest absolute Gasteiger partial charge is 0.468 e. The minimum Gasteiger partial charge on any atom is -0.468 e. The van der Waals surface area contributed by atoms with Gasteiger partial charge in [-0.15, -0.1) is 0 Å². The summed E-state index contributed by atoms with van der Waals surface area (Å²) in [6.07, 6.45) is 0.717. The standard InChI is InChI=1S/C12H10O3/c1-14-12-10(8-13)7-11(15-12)9-5-3-2-4-6-9/h2-8H,1H3. The van der Waals surface area contributed by atoms with E-state index in [0.29, 0.717) is 11.3 Å². The van der Waals surface area contributed by atoms with Crippen molar-refractivity contribution in [1.82, 2.24) is 0 Å². The molecule has 2 rings (SSSR count). The lowest BCUT2D eigenvalue weighted by Gasteiger charge is -1.95. The zero-order valence-corrected chi connectivity index (χ0v) is 8.27. The van der Waals surface area contributed by atoms with E-state index in [2.05, 4.69) is 0 Å². The number of benzene rings is 1. The smallest absolute Gasteiger partial charge is 0.295 e. The highest BCUT2D eigenvalue weighted by Crippen LogP contribution is 2.29. The summed E-state index contributed by atoms with van der Waals surface area (Å²) in [6.45, 7) is 0. The van der Waals surface area contributed by atoms with Gasteiger partial charge < -0.3 is 9.15 Å². The summed E-state index contributed by atoms with van der Waals surface area (Å²) in [5.74, 6) is 0.887. The third-order valence-electron chi connectivity index (χ3n) is 2.10. The number of furan rings is 1. The van der Waals surface area contributed by atoms with Crippen molar-refractivity contribution in [3.8, 4) is 17.3 Å². The fraction of sp³-hybridized carbons (Fsp3) is 0.0833. The van der Waals surface area contributed by atoms with Crippen molar-refractivity contribution < 1.29 is 13.9 Å². The fourth-order valence-corrected chi connectivity index (χ4v) is 1.37. The molecule has 0 saturated carbocycles. The molecule has 0 unspecified atom stereocenters. The van der Waals surface area contributed by atoms with Gasteiger partial charge in [0.15, 0.2) is 6.29 Å². The van der Waals surface area contributed by atoms with Crippen LogP contribution in [-0.2, 0) is 0 Å². The number of methoxy groups -OCH3 is 1. The Morgan fingerprint density at radius 2 is 2.00 bits per heavy atom. The van der Waals surface area contributed by atoms with E-state index >= 15 is 0 Å². The summed E-state index contributed by atoms with van der Waals surface area (Å²) >= 11 is 0. The van der Waals surface area contributed by atoms with E-state index in [4.69, 9.17) is 9.15 Å². The van der Waals surface area contributed by atoms with Crippen LogP contribution >= 0.6 is 0 Å². The second-order valence-electron chi connectivity index (χ2n) is 3.04. The van der Waals surface area contributed by atoms with E-state index < -0.39 is 0 Å². The molecule has 0 spiro atoms. The minimum absolute atomic E-state index is 0.254. The first-order valence-corrected chi connectivity index (χ1v) is 4.53. The number of carbonyl (C=O) groups excluding carboxylic acids is 1. The predicted molar refractivity (Wildman–Crippen MR) is 56.1 cm³/mol. The maximum Gasteiger partial charge on any atom is 0.295 e. The number of aldehydes is 1. The van der Waals surface area contributed by atoms with Crippen LogP contribution in [0.25, 0.3) is 11.3 Å². The lowest BCUT2D eigenvalue weighted by atomic mass is 10.1. The van der Waals surface area contributed by atoms with Crippen molar-refractivity contribution in [3.63, 3.8) is 0 Å². The number of hydrogen-bond donors (Lipinski definition) is 0. The van der Waals surface area contributed by atoms with Gasteiger partial charge in [0.1, 0.15) is 5.76 Å². The molecule has 1 heterocycles. The quantitative estimate of drug-likeness (QED) is 0.718. The second-order valence-corrected chi connectivity index (χ2v) is 3.04. The van der Waals surface area contributed by atoms with Gasteiger partial charge in [0.05, 0.1) is 12.7 Å². The molecule has 3 nitrogen and oxygen atoms in total. The van der Waals surface area contributed by atoms with Crippen molar-refractivity contribution in [2.24, 2.45) is 0 Å². The van der Waals surface area contributed by atoms with Gasteiger partial charge in [-0.2, -0.15) is 0 Å². The lowest BCUT2D eigenvalue weighted by Crippen LogP contribution is -1.83. The number of carbonyl (C=O) groups is 1. The molecule has 2 aromatic rings. The molecule has 76 valence electrons. The molecule has 0 atom stereocenters. The summed E-state index contributed by atoms with van der Waals surface area (Å²) in [5.41, 5.74) is 1.35. The van der Waals surface area contributed by atoms with Gasteiger partial charge in [-0.05, 0) is 6.07 Å². The predicted octanol–water partition coefficient (Wildman–Crippen LogP) is 2.77. The summed E-state index contributed by atoms with van der Waals surface area (Å²) in [4.78, 5) is 10.7. The summed E-state index contributed by atoms with van der Waals surface area (Å²) in [5, 5.41) is 0. The van der Waals surface area contributed by atoms with Crippen molar-refractivity contribution in [3.05, 3.63) is 42.0 Å². The SMILES string of the molecule is COc1oc(-c2ccccc2)cc1C=O. The second kappa shape index (κ2) is 4.00. The lowest BCUT2D eigenvalue weighted by molar-refractivity contribution is 0.111. The third-order valence-corrected chi connectivity index (χ3v) is 2.10. The maximum atomic E-state index is 10.7. The Bertz CT molecular complexity index is 457. The Morgan fingerprint density at radius 3 is 2.53 bits per heavy atom. The third kappa shape index (κ3) is 1.76. The van der Waals surface area contributed by atoms with Crippen LogP contribution in [0, 0.1) is 0 Å². The van der Waals surface area contributed by atoms with Gasteiger partial charge in [0.25, 0.3) is 5.95 Å². The molecule has 15 heavy (non-hydrogen) atoms. The van der Waals surface area contributed by atoms with Gasteiger partial charge in [0, 0.05) is 5.56 Å². The van der Waals surface area contributed by atoms with Gasteiger partial charge in [-0.3, -0.25) is 4.79 Å². The molecule has 0 amide bonds. The molecule has 0 aliphatic carbocycles. The molecule has 0 N–H and O–H groups in total. The maximum absolute atomic E-state index is 10.7. The Labute approximate surface area is 87.3 Å². The Kier molecular flexibility index (Phi) is 2.54. The molecule has 0 fully saturated rings. The molecule has 1 aromatic heterocycles. The average molecular weight is 202 g/mol. The molecule has 0 aliphatic heterocycles. The van der Waals surface area contributed by atoms with Gasteiger partial charge in [-0.1, -0.05) is 30.3 Å².